The molecule has 0 saturated heterocycles. The van der Waals surface area contributed by atoms with Crippen molar-refractivity contribution in [2.75, 3.05) is 11.9 Å². The Balaban J connectivity index is 1.46. The van der Waals surface area contributed by atoms with E-state index in [0.717, 1.165) is 22.3 Å². The molecule has 2 aromatic carbocycles. The smallest absolute Gasteiger partial charge is 0.247 e. The Labute approximate surface area is 222 Å². The number of aromatic nitrogens is 3. The van der Waals surface area contributed by atoms with Gasteiger partial charge in [0.15, 0.2) is 0 Å². The highest BCUT2D eigenvalue weighted by Gasteiger charge is 2.23. The van der Waals surface area contributed by atoms with Crippen molar-refractivity contribution in [3.05, 3.63) is 102 Å². The number of nitriles is 2. The molecule has 1 amide bonds. The van der Waals surface area contributed by atoms with Gasteiger partial charge in [0.05, 0.1) is 23.9 Å². The van der Waals surface area contributed by atoms with E-state index < -0.39 is 11.6 Å². The molecule has 190 valence electrons. The van der Waals surface area contributed by atoms with E-state index in [0.29, 0.717) is 17.9 Å². The summed E-state index contributed by atoms with van der Waals surface area (Å²) < 4.78 is 1.62. The molecular weight excluding hydrogens is 474 g/mol. The monoisotopic (exact) mass is 503 g/mol. The third kappa shape index (κ3) is 6.12. The van der Waals surface area contributed by atoms with Gasteiger partial charge in [-0.15, -0.1) is 0 Å². The quantitative estimate of drug-likeness (QED) is 0.326. The van der Waals surface area contributed by atoms with Crippen molar-refractivity contribution >= 4 is 11.7 Å². The van der Waals surface area contributed by atoms with Gasteiger partial charge in [-0.1, -0.05) is 49.4 Å². The fraction of sp³-hybridized carbons (Fsp3) is 0.233. The number of benzene rings is 2. The highest BCUT2D eigenvalue weighted by molar-refractivity contribution is 5.95. The van der Waals surface area contributed by atoms with Gasteiger partial charge in [-0.3, -0.25) is 9.48 Å². The highest BCUT2D eigenvalue weighted by atomic mass is 16.2. The fourth-order valence-corrected chi connectivity index (χ4v) is 3.97. The van der Waals surface area contributed by atoms with E-state index in [1.807, 2.05) is 54.7 Å². The first kappa shape index (κ1) is 26.3. The summed E-state index contributed by atoms with van der Waals surface area (Å²) in [6.45, 7) is 6.23. The van der Waals surface area contributed by atoms with Gasteiger partial charge >= 0.3 is 0 Å². The van der Waals surface area contributed by atoms with Crippen LogP contribution in [0.4, 0.5) is 5.82 Å². The number of anilines is 1. The SMILES string of the molecule is CC(CNC(C(=O)Nc1ccc(-c2cnn(C(C)(C)C#N)c2)cn1)c1ccccc1)c1ccc(C#N)cc1. The first-order valence-corrected chi connectivity index (χ1v) is 12.3. The third-order valence-corrected chi connectivity index (χ3v) is 6.41. The Morgan fingerprint density at radius 2 is 1.71 bits per heavy atom. The molecule has 2 aromatic heterocycles. The normalized spacial score (nSPS) is 12.7. The molecule has 2 unspecified atom stereocenters. The lowest BCUT2D eigenvalue weighted by atomic mass is 9.98. The molecule has 2 N–H and O–H groups in total. The summed E-state index contributed by atoms with van der Waals surface area (Å²) in [6.07, 6.45) is 5.18. The average Bonchev–Trinajstić information content (AvgIpc) is 3.45. The van der Waals surface area contributed by atoms with Crippen LogP contribution in [0.1, 0.15) is 49.4 Å². The van der Waals surface area contributed by atoms with Gasteiger partial charge in [-0.25, -0.2) is 4.98 Å². The van der Waals surface area contributed by atoms with E-state index in [2.05, 4.69) is 39.8 Å². The second kappa shape index (κ2) is 11.5. The molecule has 0 fully saturated rings. The topological polar surface area (TPSA) is 119 Å². The molecule has 0 aliphatic carbocycles. The van der Waals surface area contributed by atoms with Crippen molar-refractivity contribution in [3.63, 3.8) is 0 Å². The van der Waals surface area contributed by atoms with Crippen molar-refractivity contribution in [3.8, 4) is 23.3 Å². The van der Waals surface area contributed by atoms with Crippen molar-refractivity contribution in [2.45, 2.75) is 38.3 Å². The lowest BCUT2D eigenvalue weighted by molar-refractivity contribution is -0.118. The Morgan fingerprint density at radius 3 is 2.34 bits per heavy atom. The maximum atomic E-state index is 13.4. The zero-order chi connectivity index (χ0) is 27.1. The number of nitrogens with one attached hydrogen (secondary N) is 2. The van der Waals surface area contributed by atoms with Crippen LogP contribution in [-0.4, -0.2) is 27.2 Å². The molecule has 0 saturated carbocycles. The van der Waals surface area contributed by atoms with Gasteiger partial charge in [-0.2, -0.15) is 15.6 Å². The predicted molar refractivity (Wildman–Crippen MR) is 146 cm³/mol. The number of nitrogens with zero attached hydrogens (tertiary/aromatic N) is 5. The highest BCUT2D eigenvalue weighted by Crippen LogP contribution is 2.23. The first-order chi connectivity index (χ1) is 18.3. The molecule has 8 heteroatoms. The molecule has 4 aromatic rings. The summed E-state index contributed by atoms with van der Waals surface area (Å²) in [7, 11) is 0. The summed E-state index contributed by atoms with van der Waals surface area (Å²) in [5, 5.41) is 29.0. The van der Waals surface area contributed by atoms with Gasteiger partial charge < -0.3 is 10.6 Å². The van der Waals surface area contributed by atoms with Crippen LogP contribution in [0.3, 0.4) is 0 Å². The molecular formula is C30H29N7O. The number of rotatable bonds is 9. The van der Waals surface area contributed by atoms with Crippen LogP contribution in [0, 0.1) is 22.7 Å². The number of hydrogen-bond donors (Lipinski definition) is 2. The van der Waals surface area contributed by atoms with Crippen LogP contribution >= 0.6 is 0 Å². The largest absolute Gasteiger partial charge is 0.309 e. The third-order valence-electron chi connectivity index (χ3n) is 6.41. The van der Waals surface area contributed by atoms with E-state index in [4.69, 9.17) is 5.26 Å². The minimum Gasteiger partial charge on any atom is -0.309 e. The lowest BCUT2D eigenvalue weighted by Crippen LogP contribution is -2.35. The molecule has 2 heterocycles. The summed E-state index contributed by atoms with van der Waals surface area (Å²) in [6, 6.07) is 24.5. The van der Waals surface area contributed by atoms with E-state index >= 15 is 0 Å². The summed E-state index contributed by atoms with van der Waals surface area (Å²) in [4.78, 5) is 17.8. The van der Waals surface area contributed by atoms with Crippen molar-refractivity contribution in [2.24, 2.45) is 0 Å². The van der Waals surface area contributed by atoms with Crippen LogP contribution in [0.25, 0.3) is 11.1 Å². The second-order valence-electron chi connectivity index (χ2n) is 9.65. The maximum absolute atomic E-state index is 13.4. The molecule has 4 rings (SSSR count). The van der Waals surface area contributed by atoms with E-state index in [-0.39, 0.29) is 11.8 Å². The fourth-order valence-electron chi connectivity index (χ4n) is 3.97. The molecule has 2 atom stereocenters. The van der Waals surface area contributed by atoms with Crippen LogP contribution in [-0.2, 0) is 10.3 Å². The van der Waals surface area contributed by atoms with E-state index in [1.54, 1.807) is 49.1 Å². The zero-order valence-electron chi connectivity index (χ0n) is 21.6. The summed E-state index contributed by atoms with van der Waals surface area (Å²) in [5.74, 6) is 0.351. The molecule has 8 nitrogen and oxygen atoms in total. The molecule has 38 heavy (non-hydrogen) atoms. The lowest BCUT2D eigenvalue weighted by Gasteiger charge is -2.21. The number of amides is 1. The van der Waals surface area contributed by atoms with Gasteiger partial charge in [0, 0.05) is 30.1 Å². The Hall–Kier alpha value is -4.79. The number of carbonyl (C=O) groups is 1. The predicted octanol–water partition coefficient (Wildman–Crippen LogP) is 5.15. The Kier molecular flexibility index (Phi) is 7.96. The molecule has 0 bridgehead atoms. The molecule has 0 aliphatic rings. The van der Waals surface area contributed by atoms with Crippen molar-refractivity contribution in [1.29, 1.82) is 10.5 Å². The van der Waals surface area contributed by atoms with Crippen LogP contribution < -0.4 is 10.6 Å². The second-order valence-corrected chi connectivity index (χ2v) is 9.65. The number of carbonyl (C=O) groups excluding carboxylic acids is 1. The Morgan fingerprint density at radius 1 is 0.974 bits per heavy atom. The first-order valence-electron chi connectivity index (χ1n) is 12.3. The van der Waals surface area contributed by atoms with Gasteiger partial charge in [-0.05, 0) is 55.2 Å². The van der Waals surface area contributed by atoms with E-state index in [9.17, 15) is 10.1 Å². The van der Waals surface area contributed by atoms with Gasteiger partial charge in [0.1, 0.15) is 17.4 Å². The molecule has 0 radical (unpaired) electrons. The summed E-state index contributed by atoms with van der Waals surface area (Å²) >= 11 is 0. The number of hydrogen-bond acceptors (Lipinski definition) is 6. The maximum Gasteiger partial charge on any atom is 0.247 e. The molecule has 0 spiro atoms. The van der Waals surface area contributed by atoms with Crippen molar-refractivity contribution in [1.82, 2.24) is 20.1 Å². The average molecular weight is 504 g/mol. The standard InChI is InChI=1S/C30H29N7O/c1-21(23-11-9-22(15-31)10-12-23)16-34-28(24-7-5-4-6-8-24)29(38)36-27-14-13-25(17-33-27)26-18-35-37(19-26)30(2,3)20-32/h4-14,17-19,21,28,34H,16H2,1-3H3,(H,33,36,38). The van der Waals surface area contributed by atoms with Crippen molar-refractivity contribution < 1.29 is 4.79 Å². The van der Waals surface area contributed by atoms with Crippen LogP contribution in [0.2, 0.25) is 0 Å². The van der Waals surface area contributed by atoms with E-state index in [1.165, 1.54) is 0 Å². The van der Waals surface area contributed by atoms with Crippen LogP contribution in [0.15, 0.2) is 85.3 Å². The molecule has 0 aliphatic heterocycles. The van der Waals surface area contributed by atoms with Gasteiger partial charge in [0.2, 0.25) is 5.91 Å². The number of pyridine rings is 1. The minimum absolute atomic E-state index is 0.131. The summed E-state index contributed by atoms with van der Waals surface area (Å²) in [5.41, 5.74) is 3.46. The zero-order valence-corrected chi connectivity index (χ0v) is 21.6. The minimum atomic E-state index is -0.753. The Bertz CT molecular complexity index is 1460. The van der Waals surface area contributed by atoms with Crippen LogP contribution in [0.5, 0.6) is 0 Å². The van der Waals surface area contributed by atoms with Gasteiger partial charge in [0.25, 0.3) is 0 Å².